The number of unbranched alkanes of at least 4 members (excludes halogenated alkanes) is 2. The molecule has 39 heavy (non-hydrogen) atoms. The number of halogens is 1. The Morgan fingerprint density at radius 2 is 1.51 bits per heavy atom. The summed E-state index contributed by atoms with van der Waals surface area (Å²) in [5.41, 5.74) is 0.687. The molecule has 0 aliphatic rings. The third kappa shape index (κ3) is 17.0. The lowest BCUT2D eigenvalue weighted by Gasteiger charge is -2.20. The zero-order valence-corrected chi connectivity index (χ0v) is 26.2. The first-order valence-electron chi connectivity index (χ1n) is 13.8. The van der Waals surface area contributed by atoms with Crippen molar-refractivity contribution in [3.8, 4) is 0 Å². The quantitative estimate of drug-likeness (QED) is 0.124. The van der Waals surface area contributed by atoms with Gasteiger partial charge in [-0.1, -0.05) is 25.5 Å². The molecule has 0 radical (unpaired) electrons. The Hall–Kier alpha value is -2.37. The van der Waals surface area contributed by atoms with Crippen LogP contribution in [0.1, 0.15) is 84.6 Å². The summed E-state index contributed by atoms with van der Waals surface area (Å²) in [7, 11) is 1.30. The van der Waals surface area contributed by atoms with E-state index in [1.165, 1.54) is 16.2 Å². The van der Waals surface area contributed by atoms with Crippen LogP contribution in [0.25, 0.3) is 0 Å². The van der Waals surface area contributed by atoms with Crippen molar-refractivity contribution in [2.75, 3.05) is 20.2 Å². The molecule has 0 fully saturated rings. The highest BCUT2D eigenvalue weighted by atomic mass is 127. The number of benzene rings is 1. The summed E-state index contributed by atoms with van der Waals surface area (Å²) in [6.07, 6.45) is 5.58. The highest BCUT2D eigenvalue weighted by Gasteiger charge is 2.23. The fourth-order valence-electron chi connectivity index (χ4n) is 3.81. The van der Waals surface area contributed by atoms with Crippen LogP contribution in [0.15, 0.2) is 24.3 Å². The molecule has 1 rings (SSSR count). The van der Waals surface area contributed by atoms with Crippen LogP contribution in [-0.2, 0) is 30.3 Å². The number of carbonyl (C=O) groups excluding carboxylic acids is 4. The molecule has 0 bridgehead atoms. The molecule has 2 unspecified atom stereocenters. The van der Waals surface area contributed by atoms with Gasteiger partial charge in [0.2, 0.25) is 11.8 Å². The van der Waals surface area contributed by atoms with Gasteiger partial charge in [-0.2, -0.15) is 0 Å². The number of alkyl carbamates (subject to hydrolysis) is 1. The number of hydrogen-bond acceptors (Lipinski definition) is 6. The predicted molar refractivity (Wildman–Crippen MR) is 160 cm³/mol. The fraction of sp³-hybridized carbons (Fsp3) is 0.655. The van der Waals surface area contributed by atoms with Gasteiger partial charge in [0, 0.05) is 29.0 Å². The third-order valence-corrected chi connectivity index (χ3v) is 6.73. The molecule has 1 aromatic carbocycles. The van der Waals surface area contributed by atoms with E-state index in [0.29, 0.717) is 51.6 Å². The van der Waals surface area contributed by atoms with Gasteiger partial charge >= 0.3 is 12.1 Å². The summed E-state index contributed by atoms with van der Waals surface area (Å²) in [4.78, 5) is 48.6. The molecule has 0 aromatic heterocycles. The highest BCUT2D eigenvalue weighted by Crippen LogP contribution is 2.12. The van der Waals surface area contributed by atoms with E-state index in [4.69, 9.17) is 9.47 Å². The Bertz CT molecular complexity index is 901. The Morgan fingerprint density at radius 1 is 0.897 bits per heavy atom. The van der Waals surface area contributed by atoms with E-state index >= 15 is 0 Å². The van der Waals surface area contributed by atoms with E-state index in [2.05, 4.69) is 62.8 Å². The maximum atomic E-state index is 12.6. The molecule has 2 atom stereocenters. The van der Waals surface area contributed by atoms with Crippen LogP contribution in [0.5, 0.6) is 0 Å². The summed E-state index contributed by atoms with van der Waals surface area (Å²) < 4.78 is 11.3. The Labute approximate surface area is 247 Å². The zero-order chi connectivity index (χ0) is 29.3. The molecule has 0 aliphatic heterocycles. The number of nitrogens with one attached hydrogen (secondary N) is 3. The van der Waals surface area contributed by atoms with Crippen molar-refractivity contribution in [3.05, 3.63) is 33.4 Å². The van der Waals surface area contributed by atoms with Crippen LogP contribution >= 0.6 is 22.6 Å². The molecular formula is C29H46IN3O6. The van der Waals surface area contributed by atoms with Crippen molar-refractivity contribution < 1.29 is 28.7 Å². The fourth-order valence-corrected chi connectivity index (χ4v) is 4.17. The molecule has 10 heteroatoms. The van der Waals surface area contributed by atoms with Crippen LogP contribution in [-0.4, -0.2) is 55.7 Å². The monoisotopic (exact) mass is 659 g/mol. The minimum Gasteiger partial charge on any atom is -0.467 e. The van der Waals surface area contributed by atoms with Gasteiger partial charge in [-0.25, -0.2) is 9.59 Å². The van der Waals surface area contributed by atoms with E-state index in [0.717, 1.165) is 19.3 Å². The molecule has 1 aromatic rings. The average Bonchev–Trinajstić information content (AvgIpc) is 2.87. The van der Waals surface area contributed by atoms with Gasteiger partial charge < -0.3 is 25.4 Å². The summed E-state index contributed by atoms with van der Waals surface area (Å²) in [5, 5.41) is 8.44. The average molecular weight is 660 g/mol. The number of esters is 1. The van der Waals surface area contributed by atoms with Gasteiger partial charge in [-0.15, -0.1) is 0 Å². The number of aryl methyl sites for hydroxylation is 1. The summed E-state index contributed by atoms with van der Waals surface area (Å²) in [6, 6.07) is 7.58. The molecule has 3 N–H and O–H groups in total. The van der Waals surface area contributed by atoms with Gasteiger partial charge in [0.25, 0.3) is 0 Å². The SMILES string of the molecule is COC(=O)C(CCCCNC(=O)CCCc1ccc(I)cc1)NC(=O)C(C)CCCCNC(=O)OC(C)(C)C. The van der Waals surface area contributed by atoms with E-state index in [9.17, 15) is 19.2 Å². The van der Waals surface area contributed by atoms with E-state index < -0.39 is 23.7 Å². The first-order chi connectivity index (χ1) is 18.4. The van der Waals surface area contributed by atoms with Crippen molar-refractivity contribution in [2.24, 2.45) is 5.92 Å². The molecule has 0 aliphatic carbocycles. The first kappa shape index (κ1) is 34.7. The Balaban J connectivity index is 2.24. The van der Waals surface area contributed by atoms with E-state index in [1.54, 1.807) is 0 Å². The lowest BCUT2D eigenvalue weighted by molar-refractivity contribution is -0.145. The molecule has 0 saturated carbocycles. The van der Waals surface area contributed by atoms with Crippen LogP contribution in [0, 0.1) is 9.49 Å². The van der Waals surface area contributed by atoms with Crippen molar-refractivity contribution in [1.29, 1.82) is 0 Å². The lowest BCUT2D eigenvalue weighted by Crippen LogP contribution is -2.43. The van der Waals surface area contributed by atoms with Crippen LogP contribution in [0.4, 0.5) is 4.79 Å². The normalized spacial score (nSPS) is 12.7. The molecule has 0 saturated heterocycles. The Morgan fingerprint density at radius 3 is 2.13 bits per heavy atom. The maximum Gasteiger partial charge on any atom is 0.407 e. The van der Waals surface area contributed by atoms with E-state index in [-0.39, 0.29) is 17.7 Å². The van der Waals surface area contributed by atoms with Crippen LogP contribution in [0.3, 0.4) is 0 Å². The summed E-state index contributed by atoms with van der Waals surface area (Å²) >= 11 is 2.27. The largest absolute Gasteiger partial charge is 0.467 e. The van der Waals surface area contributed by atoms with Crippen LogP contribution < -0.4 is 16.0 Å². The predicted octanol–water partition coefficient (Wildman–Crippen LogP) is 4.89. The van der Waals surface area contributed by atoms with Crippen molar-refractivity contribution >= 4 is 46.5 Å². The van der Waals surface area contributed by atoms with Crippen molar-refractivity contribution in [2.45, 2.75) is 97.1 Å². The molecule has 0 spiro atoms. The topological polar surface area (TPSA) is 123 Å². The van der Waals surface area contributed by atoms with Gasteiger partial charge in [-0.05, 0) is 106 Å². The van der Waals surface area contributed by atoms with Crippen LogP contribution in [0.2, 0.25) is 0 Å². The maximum absolute atomic E-state index is 12.6. The number of methoxy groups -OCH3 is 1. The Kier molecular flexibility index (Phi) is 16.7. The second-order valence-electron chi connectivity index (χ2n) is 10.7. The van der Waals surface area contributed by atoms with Crippen molar-refractivity contribution in [1.82, 2.24) is 16.0 Å². The second kappa shape index (κ2) is 18.8. The highest BCUT2D eigenvalue weighted by molar-refractivity contribution is 14.1. The molecule has 3 amide bonds. The summed E-state index contributed by atoms with van der Waals surface area (Å²) in [5.74, 6) is -0.936. The number of hydrogen-bond donors (Lipinski definition) is 3. The smallest absolute Gasteiger partial charge is 0.407 e. The minimum absolute atomic E-state index is 0.0217. The van der Waals surface area contributed by atoms with Gasteiger partial charge in [0.05, 0.1) is 7.11 Å². The van der Waals surface area contributed by atoms with Gasteiger partial charge in [0.1, 0.15) is 11.6 Å². The van der Waals surface area contributed by atoms with Gasteiger partial charge in [-0.3, -0.25) is 9.59 Å². The van der Waals surface area contributed by atoms with Crippen molar-refractivity contribution in [3.63, 3.8) is 0 Å². The first-order valence-corrected chi connectivity index (χ1v) is 14.9. The minimum atomic E-state index is -0.719. The number of ether oxygens (including phenoxy) is 2. The standard InChI is InChI=1S/C29H46IN3O6/c1-21(11-6-8-20-32-28(37)39-29(2,3)4)26(35)33-24(27(36)38-5)13-7-9-19-31-25(34)14-10-12-22-15-17-23(30)18-16-22/h15-18,21,24H,6-14,19-20H2,1-5H3,(H,31,34)(H,32,37)(H,33,35). The molecule has 0 heterocycles. The van der Waals surface area contributed by atoms with Gasteiger partial charge in [0.15, 0.2) is 0 Å². The summed E-state index contributed by atoms with van der Waals surface area (Å²) in [6.45, 7) is 8.24. The number of amides is 3. The zero-order valence-electron chi connectivity index (χ0n) is 24.1. The number of rotatable bonds is 17. The molecule has 220 valence electrons. The second-order valence-corrected chi connectivity index (χ2v) is 12.0. The van der Waals surface area contributed by atoms with E-state index in [1.807, 2.05) is 27.7 Å². The third-order valence-electron chi connectivity index (χ3n) is 6.01. The number of carbonyl (C=O) groups is 4. The lowest BCUT2D eigenvalue weighted by atomic mass is 10.0. The molecular weight excluding hydrogens is 613 g/mol. The molecule has 9 nitrogen and oxygen atoms in total.